The van der Waals surface area contributed by atoms with E-state index in [1.54, 1.807) is 0 Å². The van der Waals surface area contributed by atoms with Gasteiger partial charge in [0.15, 0.2) is 0 Å². The van der Waals surface area contributed by atoms with Gasteiger partial charge in [0.25, 0.3) is 6.71 Å². The summed E-state index contributed by atoms with van der Waals surface area (Å²) in [5, 5.41) is 19.9. The number of rotatable bonds is 6. The summed E-state index contributed by atoms with van der Waals surface area (Å²) in [4.78, 5) is 2.48. The van der Waals surface area contributed by atoms with Gasteiger partial charge in [-0.15, -0.1) is 0 Å². The van der Waals surface area contributed by atoms with Gasteiger partial charge < -0.3 is 9.64 Å². The number of hydrogen-bond donors (Lipinski definition) is 0. The number of hydrogen-bond acceptors (Lipinski definition) is 4. The molecule has 5 heteroatoms. The first-order valence-corrected chi connectivity index (χ1v) is 27.0. The fourth-order valence-electron chi connectivity index (χ4n) is 11.2. The molecule has 0 fully saturated rings. The van der Waals surface area contributed by atoms with E-state index in [1.807, 2.05) is 24.3 Å². The molecule has 2 heterocycles. The molecule has 0 spiro atoms. The zero-order valence-corrected chi connectivity index (χ0v) is 46.6. The Hall–Kier alpha value is -8.38. The molecule has 0 radical (unpaired) electrons. The minimum absolute atomic E-state index is 0.0540. The van der Waals surface area contributed by atoms with Crippen molar-refractivity contribution < 1.29 is 4.74 Å². The van der Waals surface area contributed by atoms with Crippen molar-refractivity contribution in [3.05, 3.63) is 215 Å². The van der Waals surface area contributed by atoms with Gasteiger partial charge in [0.05, 0.1) is 29.0 Å². The third-order valence-electron chi connectivity index (χ3n) is 15.8. The molecule has 0 saturated carbocycles. The Bertz CT molecular complexity index is 3740. The van der Waals surface area contributed by atoms with Gasteiger partial charge in [-0.1, -0.05) is 217 Å². The summed E-state index contributed by atoms with van der Waals surface area (Å²) in [6.07, 6.45) is 0. The number of fused-ring (bicyclic) bond motifs is 4. The maximum Gasteiger partial charge on any atom is 0.256 e. The number of nitriles is 2. The Morgan fingerprint density at radius 2 is 0.805 bits per heavy atom. The Labute approximate surface area is 457 Å². The van der Waals surface area contributed by atoms with Crippen LogP contribution in [0, 0.1) is 22.7 Å². The summed E-state index contributed by atoms with van der Waals surface area (Å²) in [7, 11) is 0. The van der Waals surface area contributed by atoms with Crippen molar-refractivity contribution in [1.82, 2.24) is 0 Å². The van der Waals surface area contributed by atoms with Crippen molar-refractivity contribution in [2.24, 2.45) is 0 Å². The highest BCUT2D eigenvalue weighted by Crippen LogP contribution is 2.51. The van der Waals surface area contributed by atoms with Crippen molar-refractivity contribution in [1.29, 1.82) is 10.5 Å². The lowest BCUT2D eigenvalue weighted by atomic mass is 9.34. The molecule has 2 aliphatic heterocycles. The highest BCUT2D eigenvalue weighted by Gasteiger charge is 2.44. The predicted octanol–water partition coefficient (Wildman–Crippen LogP) is 17.4. The Balaban J connectivity index is 1.26. The number of ether oxygens (including phenoxy) is 1. The number of nitrogens with zero attached hydrogens (tertiary/aromatic N) is 3. The first-order valence-electron chi connectivity index (χ1n) is 27.0. The molecule has 0 saturated heterocycles. The molecule has 4 nitrogen and oxygen atoms in total. The largest absolute Gasteiger partial charge is 0.458 e. The van der Waals surface area contributed by atoms with Crippen LogP contribution in [0.3, 0.4) is 0 Å². The van der Waals surface area contributed by atoms with E-state index < -0.39 is 0 Å². The van der Waals surface area contributed by atoms with E-state index in [2.05, 4.69) is 258 Å². The van der Waals surface area contributed by atoms with Gasteiger partial charge >= 0.3 is 0 Å². The van der Waals surface area contributed by atoms with Gasteiger partial charge in [-0.25, -0.2) is 0 Å². The average molecular weight is 1000 g/mol. The van der Waals surface area contributed by atoms with Crippen LogP contribution in [0.15, 0.2) is 182 Å². The zero-order valence-electron chi connectivity index (χ0n) is 46.6. The second kappa shape index (κ2) is 18.7. The molecule has 0 unspecified atom stereocenters. The van der Waals surface area contributed by atoms with Crippen molar-refractivity contribution in [2.75, 3.05) is 4.90 Å². The first kappa shape index (κ1) is 50.8. The Morgan fingerprint density at radius 1 is 0.364 bits per heavy atom. The summed E-state index contributed by atoms with van der Waals surface area (Å²) in [5.41, 5.74) is 23.4. The Morgan fingerprint density at radius 3 is 1.27 bits per heavy atom. The fraction of sp³-hybridized carbons (Fsp3) is 0.222. The van der Waals surface area contributed by atoms with Gasteiger partial charge in [0.1, 0.15) is 11.5 Å². The molecule has 378 valence electrons. The standard InChI is InChI=1S/C72H66BN3O/c1-69(2,3)55-33-52(34-56(41-55)70(4,5)6)50-29-31-63-61(37-50)73-62-38-51(53-35-57(71(7,8)9)42-58(36-53)72(10,11)12)30-32-65(62)77-66-40-54(47-17-14-13-15-18-47)39-64(67(66)73)76(63)68-59(48-25-21-45(43-74)22-26-48)19-16-20-60(68)49-27-23-46(44-75)24-28-49/h13-42H,1-12H3. The topological polar surface area (TPSA) is 60.0 Å². The smallest absolute Gasteiger partial charge is 0.256 e. The molecule has 0 bridgehead atoms. The zero-order chi connectivity index (χ0) is 54.3. The third kappa shape index (κ3) is 9.44. The van der Waals surface area contributed by atoms with E-state index in [0.29, 0.717) is 11.1 Å². The molecule has 0 aliphatic carbocycles. The van der Waals surface area contributed by atoms with Crippen LogP contribution in [0.4, 0.5) is 17.1 Å². The van der Waals surface area contributed by atoms with Crippen LogP contribution in [0.5, 0.6) is 11.5 Å². The van der Waals surface area contributed by atoms with Gasteiger partial charge in [0.2, 0.25) is 0 Å². The molecular weight excluding hydrogens is 934 g/mol. The molecule has 0 aromatic heterocycles. The minimum atomic E-state index is -0.221. The van der Waals surface area contributed by atoms with E-state index in [4.69, 9.17) is 4.74 Å². The molecule has 9 aromatic rings. The van der Waals surface area contributed by atoms with Crippen LogP contribution in [-0.4, -0.2) is 6.71 Å². The molecular formula is C72H66BN3O. The van der Waals surface area contributed by atoms with Crippen LogP contribution in [-0.2, 0) is 21.7 Å². The number of anilines is 3. The van der Waals surface area contributed by atoms with Gasteiger partial charge in [-0.05, 0) is 153 Å². The van der Waals surface area contributed by atoms with Crippen LogP contribution in [0.1, 0.15) is 116 Å². The third-order valence-corrected chi connectivity index (χ3v) is 15.8. The van der Waals surface area contributed by atoms with Gasteiger partial charge in [-0.2, -0.15) is 10.5 Å². The predicted molar refractivity (Wildman–Crippen MR) is 324 cm³/mol. The molecule has 9 aromatic carbocycles. The highest BCUT2D eigenvalue weighted by atomic mass is 16.5. The summed E-state index contributed by atoms with van der Waals surface area (Å²) < 4.78 is 7.35. The lowest BCUT2D eigenvalue weighted by Gasteiger charge is -2.42. The highest BCUT2D eigenvalue weighted by molar-refractivity contribution is 6.99. The lowest BCUT2D eigenvalue weighted by Crippen LogP contribution is -2.59. The van der Waals surface area contributed by atoms with Crippen molar-refractivity contribution >= 4 is 40.2 Å². The summed E-state index contributed by atoms with van der Waals surface area (Å²) in [6, 6.07) is 70.6. The maximum atomic E-state index is 9.97. The van der Waals surface area contributed by atoms with Crippen LogP contribution in [0.2, 0.25) is 0 Å². The van der Waals surface area contributed by atoms with Crippen molar-refractivity contribution in [3.63, 3.8) is 0 Å². The number of benzene rings is 9. The normalized spacial score (nSPS) is 13.0. The fourth-order valence-corrected chi connectivity index (χ4v) is 11.2. The lowest BCUT2D eigenvalue weighted by molar-refractivity contribution is 0.488. The van der Waals surface area contributed by atoms with E-state index in [9.17, 15) is 10.5 Å². The SMILES string of the molecule is CC(C)(C)c1cc(-c2ccc3c(c2)B2c4cc(-c5cc(C(C)(C)C)cc(C(C)(C)C)c5)ccc4N(c4c(-c5ccc(C#N)cc5)cccc4-c4ccc(C#N)cc4)c4cc(-c5ccccc5)cc(c42)O3)cc(C(C)(C)C)c1. The second-order valence-corrected chi connectivity index (χ2v) is 25.3. The molecule has 77 heavy (non-hydrogen) atoms. The molecule has 0 N–H and O–H groups in total. The van der Waals surface area contributed by atoms with Crippen LogP contribution in [0.25, 0.3) is 55.6 Å². The summed E-state index contributed by atoms with van der Waals surface area (Å²) in [5.74, 6) is 1.66. The van der Waals surface area contributed by atoms with Gasteiger partial charge in [-0.3, -0.25) is 0 Å². The van der Waals surface area contributed by atoms with E-state index in [-0.39, 0.29) is 28.4 Å². The molecule has 2 aliphatic rings. The maximum absolute atomic E-state index is 9.97. The van der Waals surface area contributed by atoms with E-state index in [1.165, 1.54) is 38.8 Å². The second-order valence-electron chi connectivity index (χ2n) is 25.3. The van der Waals surface area contributed by atoms with E-state index >= 15 is 0 Å². The van der Waals surface area contributed by atoms with E-state index in [0.717, 1.165) is 84.0 Å². The first-order chi connectivity index (χ1) is 36.6. The van der Waals surface area contributed by atoms with Crippen LogP contribution >= 0.6 is 0 Å². The summed E-state index contributed by atoms with van der Waals surface area (Å²) >= 11 is 0. The average Bonchev–Trinajstić information content (AvgIpc) is 3.51. The van der Waals surface area contributed by atoms with Crippen LogP contribution < -0.4 is 26.0 Å². The van der Waals surface area contributed by atoms with Crippen molar-refractivity contribution in [3.8, 4) is 79.3 Å². The minimum Gasteiger partial charge on any atom is -0.458 e. The molecule has 11 rings (SSSR count). The monoisotopic (exact) mass is 1000 g/mol. The number of para-hydroxylation sites is 1. The quantitative estimate of drug-likeness (QED) is 0.156. The molecule has 0 amide bonds. The van der Waals surface area contributed by atoms with Gasteiger partial charge in [0, 0.05) is 22.5 Å². The molecule has 0 atom stereocenters. The Kier molecular flexibility index (Phi) is 12.3. The van der Waals surface area contributed by atoms with Crippen molar-refractivity contribution in [2.45, 2.75) is 105 Å². The summed E-state index contributed by atoms with van der Waals surface area (Å²) in [6.45, 7) is 27.4.